The molecular formula is C19H24ClN3O3S. The van der Waals surface area contributed by atoms with Crippen molar-refractivity contribution in [3.63, 3.8) is 0 Å². The van der Waals surface area contributed by atoms with E-state index in [0.717, 1.165) is 25.9 Å². The first-order valence-electron chi connectivity index (χ1n) is 8.71. The lowest BCUT2D eigenvalue weighted by atomic mass is 10.1. The summed E-state index contributed by atoms with van der Waals surface area (Å²) in [6.45, 7) is 2.67. The second kappa shape index (κ2) is 9.73. The van der Waals surface area contributed by atoms with Crippen LogP contribution in [-0.4, -0.2) is 34.0 Å². The summed E-state index contributed by atoms with van der Waals surface area (Å²) in [7, 11) is -3.67. The van der Waals surface area contributed by atoms with Gasteiger partial charge in [0.2, 0.25) is 0 Å². The smallest absolute Gasteiger partial charge is 0.261 e. The molecule has 0 aliphatic carbocycles. The first-order valence-corrected chi connectivity index (χ1v) is 10.2. The van der Waals surface area contributed by atoms with E-state index in [1.807, 2.05) is 0 Å². The molecule has 146 valence electrons. The van der Waals surface area contributed by atoms with Crippen molar-refractivity contribution in [3.8, 4) is 0 Å². The lowest BCUT2D eigenvalue weighted by molar-refractivity contribution is 0.0951. The molecule has 0 radical (unpaired) electrons. The van der Waals surface area contributed by atoms with Gasteiger partial charge in [-0.1, -0.05) is 24.3 Å². The molecule has 1 aliphatic heterocycles. The van der Waals surface area contributed by atoms with E-state index in [4.69, 9.17) is 0 Å². The molecule has 1 unspecified atom stereocenters. The summed E-state index contributed by atoms with van der Waals surface area (Å²) in [5, 5.41) is 6.21. The number of hydrogen-bond acceptors (Lipinski definition) is 4. The zero-order valence-corrected chi connectivity index (χ0v) is 16.5. The van der Waals surface area contributed by atoms with Crippen molar-refractivity contribution in [3.05, 3.63) is 60.2 Å². The Morgan fingerprint density at radius 3 is 2.59 bits per heavy atom. The molecule has 1 fully saturated rings. The molecule has 1 aliphatic rings. The molecule has 0 spiro atoms. The molecule has 3 N–H and O–H groups in total. The SMILES string of the molecule is Cl.O=C(NCCC1CCNC1)c1cccc(NS(=O)(=O)c2ccccc2)c1. The summed E-state index contributed by atoms with van der Waals surface area (Å²) in [5.74, 6) is 0.413. The first kappa shape index (κ1) is 21.2. The fraction of sp³-hybridized carbons (Fsp3) is 0.316. The molecule has 8 heteroatoms. The Balaban J connectivity index is 0.00000261. The number of hydrogen-bond donors (Lipinski definition) is 3. The van der Waals surface area contributed by atoms with Crippen LogP contribution in [0.1, 0.15) is 23.2 Å². The number of halogens is 1. The number of amides is 1. The lowest BCUT2D eigenvalue weighted by Crippen LogP contribution is -2.26. The molecule has 0 aromatic heterocycles. The first-order chi connectivity index (χ1) is 12.5. The van der Waals surface area contributed by atoms with Gasteiger partial charge in [-0.25, -0.2) is 8.42 Å². The van der Waals surface area contributed by atoms with Gasteiger partial charge >= 0.3 is 0 Å². The van der Waals surface area contributed by atoms with Gasteiger partial charge in [0.15, 0.2) is 0 Å². The molecule has 2 aromatic rings. The Labute approximate surface area is 166 Å². The van der Waals surface area contributed by atoms with Crippen LogP contribution in [0.4, 0.5) is 5.69 Å². The highest BCUT2D eigenvalue weighted by atomic mass is 35.5. The molecule has 6 nitrogen and oxygen atoms in total. The van der Waals surface area contributed by atoms with Gasteiger partial charge < -0.3 is 10.6 Å². The number of benzene rings is 2. The Bertz CT molecular complexity index is 854. The number of carbonyl (C=O) groups excluding carboxylic acids is 1. The van der Waals surface area contributed by atoms with Crippen molar-refractivity contribution >= 4 is 34.0 Å². The van der Waals surface area contributed by atoms with Crippen molar-refractivity contribution in [2.24, 2.45) is 5.92 Å². The summed E-state index contributed by atoms with van der Waals surface area (Å²) in [5.41, 5.74) is 0.796. The van der Waals surface area contributed by atoms with E-state index in [-0.39, 0.29) is 23.2 Å². The third kappa shape index (κ3) is 5.95. The summed E-state index contributed by atoms with van der Waals surface area (Å²) in [6, 6.07) is 14.6. The molecule has 1 atom stereocenters. The van der Waals surface area contributed by atoms with Gasteiger partial charge in [0.25, 0.3) is 15.9 Å². The number of sulfonamides is 1. The predicted octanol–water partition coefficient (Wildman–Crippen LogP) is 2.64. The number of nitrogens with one attached hydrogen (secondary N) is 3. The maximum absolute atomic E-state index is 12.4. The second-order valence-electron chi connectivity index (χ2n) is 6.40. The Morgan fingerprint density at radius 1 is 1.11 bits per heavy atom. The quantitative estimate of drug-likeness (QED) is 0.656. The van der Waals surface area contributed by atoms with Gasteiger partial charge in [-0.05, 0) is 62.2 Å². The van der Waals surface area contributed by atoms with Crippen molar-refractivity contribution in [1.82, 2.24) is 10.6 Å². The summed E-state index contributed by atoms with van der Waals surface area (Å²) >= 11 is 0. The molecule has 1 saturated heterocycles. The average Bonchev–Trinajstić information content (AvgIpc) is 3.16. The average molecular weight is 410 g/mol. The maximum atomic E-state index is 12.4. The molecule has 0 saturated carbocycles. The Kier molecular flexibility index (Phi) is 7.65. The highest BCUT2D eigenvalue weighted by Gasteiger charge is 2.16. The van der Waals surface area contributed by atoms with Gasteiger partial charge in [-0.3, -0.25) is 9.52 Å². The second-order valence-corrected chi connectivity index (χ2v) is 8.09. The van der Waals surface area contributed by atoms with Crippen LogP contribution in [-0.2, 0) is 10.0 Å². The van der Waals surface area contributed by atoms with Crippen LogP contribution in [0.3, 0.4) is 0 Å². The minimum atomic E-state index is -3.67. The van der Waals surface area contributed by atoms with E-state index < -0.39 is 10.0 Å². The highest BCUT2D eigenvalue weighted by Crippen LogP contribution is 2.17. The van der Waals surface area contributed by atoms with E-state index in [1.54, 1.807) is 42.5 Å². The molecule has 27 heavy (non-hydrogen) atoms. The molecule has 1 heterocycles. The minimum absolute atomic E-state index is 0. The van der Waals surface area contributed by atoms with Crippen LogP contribution < -0.4 is 15.4 Å². The van der Waals surface area contributed by atoms with Gasteiger partial charge in [0.1, 0.15) is 0 Å². The zero-order chi connectivity index (χ0) is 18.4. The number of anilines is 1. The fourth-order valence-corrected chi connectivity index (χ4v) is 4.06. The van der Waals surface area contributed by atoms with Gasteiger partial charge in [0.05, 0.1) is 4.90 Å². The summed E-state index contributed by atoms with van der Waals surface area (Å²) in [6.07, 6.45) is 2.09. The van der Waals surface area contributed by atoms with Crippen LogP contribution in [0.15, 0.2) is 59.5 Å². The molecule has 2 aromatic carbocycles. The molecule has 1 amide bonds. The van der Waals surface area contributed by atoms with E-state index >= 15 is 0 Å². The van der Waals surface area contributed by atoms with E-state index in [1.165, 1.54) is 12.1 Å². The largest absolute Gasteiger partial charge is 0.352 e. The van der Waals surface area contributed by atoms with Crippen LogP contribution in [0.2, 0.25) is 0 Å². The third-order valence-corrected chi connectivity index (χ3v) is 5.83. The topological polar surface area (TPSA) is 87.3 Å². The van der Waals surface area contributed by atoms with Crippen molar-refractivity contribution < 1.29 is 13.2 Å². The van der Waals surface area contributed by atoms with Crippen LogP contribution in [0.5, 0.6) is 0 Å². The van der Waals surface area contributed by atoms with Crippen LogP contribution in [0.25, 0.3) is 0 Å². The van der Waals surface area contributed by atoms with E-state index in [2.05, 4.69) is 15.4 Å². The van der Waals surface area contributed by atoms with Gasteiger partial charge in [0, 0.05) is 17.8 Å². The number of carbonyl (C=O) groups is 1. The van der Waals surface area contributed by atoms with Gasteiger partial charge in [-0.15, -0.1) is 12.4 Å². The number of rotatable bonds is 7. The third-order valence-electron chi connectivity index (χ3n) is 4.43. The van der Waals surface area contributed by atoms with E-state index in [0.29, 0.717) is 23.7 Å². The highest BCUT2D eigenvalue weighted by molar-refractivity contribution is 7.92. The minimum Gasteiger partial charge on any atom is -0.352 e. The Hall–Kier alpha value is -2.09. The monoisotopic (exact) mass is 409 g/mol. The van der Waals surface area contributed by atoms with Crippen molar-refractivity contribution in [1.29, 1.82) is 0 Å². The molecule has 0 bridgehead atoms. The predicted molar refractivity (Wildman–Crippen MR) is 109 cm³/mol. The molecular weight excluding hydrogens is 386 g/mol. The maximum Gasteiger partial charge on any atom is 0.261 e. The summed E-state index contributed by atoms with van der Waals surface area (Å²) in [4.78, 5) is 12.5. The van der Waals surface area contributed by atoms with Crippen LogP contribution >= 0.6 is 12.4 Å². The summed E-state index contributed by atoms with van der Waals surface area (Å²) < 4.78 is 27.3. The fourth-order valence-electron chi connectivity index (χ4n) is 2.99. The van der Waals surface area contributed by atoms with Crippen molar-refractivity contribution in [2.75, 3.05) is 24.4 Å². The Morgan fingerprint density at radius 2 is 1.89 bits per heavy atom. The normalized spacial score (nSPS) is 16.4. The standard InChI is InChI=1S/C19H23N3O3S.ClH/c23-19(21-12-10-15-9-11-20-14-15)16-5-4-6-17(13-16)22-26(24,25)18-7-2-1-3-8-18;/h1-8,13,15,20,22H,9-12,14H2,(H,21,23);1H. The van der Waals surface area contributed by atoms with Crippen molar-refractivity contribution in [2.45, 2.75) is 17.7 Å². The van der Waals surface area contributed by atoms with E-state index in [9.17, 15) is 13.2 Å². The lowest BCUT2D eigenvalue weighted by Gasteiger charge is -2.11. The molecule has 3 rings (SSSR count). The zero-order valence-electron chi connectivity index (χ0n) is 14.9. The van der Waals surface area contributed by atoms with Gasteiger partial charge in [-0.2, -0.15) is 0 Å². The van der Waals surface area contributed by atoms with Crippen LogP contribution in [0, 0.1) is 5.92 Å².